The number of nitrogens with two attached hydrogens (primary N) is 1. The molecule has 1 heterocycles. The Morgan fingerprint density at radius 3 is 2.81 bits per heavy atom. The third-order valence-electron chi connectivity index (χ3n) is 3.75. The molecular weight excluding hydrogens is 262 g/mol. The van der Waals surface area contributed by atoms with E-state index in [9.17, 15) is 0 Å². The summed E-state index contributed by atoms with van der Waals surface area (Å²) in [5, 5.41) is 7.59. The van der Waals surface area contributed by atoms with Crippen LogP contribution >= 0.6 is 0 Å². The molecule has 0 saturated heterocycles. The first kappa shape index (κ1) is 13.5. The van der Waals surface area contributed by atoms with Gasteiger partial charge in [-0.1, -0.05) is 12.1 Å². The molecule has 0 aromatic heterocycles. The fourth-order valence-corrected chi connectivity index (χ4v) is 2.71. The minimum absolute atomic E-state index is 0.110. The fraction of sp³-hybridized carbons (Fsp3) is 0.235. The molecule has 4 heteroatoms. The van der Waals surface area contributed by atoms with Gasteiger partial charge in [0, 0.05) is 17.8 Å². The van der Waals surface area contributed by atoms with Crippen molar-refractivity contribution in [3.05, 3.63) is 53.6 Å². The molecule has 0 unspecified atom stereocenters. The molecule has 2 aromatic carbocycles. The maximum absolute atomic E-state index is 7.59. The van der Waals surface area contributed by atoms with Gasteiger partial charge in [0.15, 0.2) is 0 Å². The van der Waals surface area contributed by atoms with Crippen molar-refractivity contribution in [3.8, 4) is 5.75 Å². The van der Waals surface area contributed by atoms with Crippen molar-refractivity contribution in [2.75, 3.05) is 18.1 Å². The van der Waals surface area contributed by atoms with Gasteiger partial charge in [-0.3, -0.25) is 5.41 Å². The molecule has 0 aliphatic carbocycles. The zero-order chi connectivity index (χ0) is 14.8. The van der Waals surface area contributed by atoms with Crippen molar-refractivity contribution in [1.82, 2.24) is 0 Å². The molecule has 3 N–H and O–H groups in total. The van der Waals surface area contributed by atoms with E-state index in [1.807, 2.05) is 37.3 Å². The summed E-state index contributed by atoms with van der Waals surface area (Å²) in [6, 6.07) is 14.1. The molecule has 0 bridgehead atoms. The maximum atomic E-state index is 7.59. The fourth-order valence-electron chi connectivity index (χ4n) is 2.71. The molecule has 3 rings (SSSR count). The summed E-state index contributed by atoms with van der Waals surface area (Å²) in [6.07, 6.45) is 0.974. The number of anilines is 2. The van der Waals surface area contributed by atoms with Crippen molar-refractivity contribution in [2.45, 2.75) is 13.3 Å². The number of rotatable bonds is 2. The van der Waals surface area contributed by atoms with Gasteiger partial charge in [0.05, 0.1) is 12.3 Å². The molecule has 4 nitrogen and oxygen atoms in total. The van der Waals surface area contributed by atoms with Crippen LogP contribution < -0.4 is 15.4 Å². The summed E-state index contributed by atoms with van der Waals surface area (Å²) in [6.45, 7) is 3.63. The van der Waals surface area contributed by atoms with Gasteiger partial charge in [0.25, 0.3) is 0 Å². The van der Waals surface area contributed by atoms with Crippen LogP contribution in [0.2, 0.25) is 0 Å². The van der Waals surface area contributed by atoms with Crippen LogP contribution in [0.15, 0.2) is 42.5 Å². The monoisotopic (exact) mass is 281 g/mol. The Morgan fingerprint density at radius 1 is 1.24 bits per heavy atom. The maximum Gasteiger partial charge on any atom is 0.142 e. The zero-order valence-corrected chi connectivity index (χ0v) is 12.1. The van der Waals surface area contributed by atoms with Gasteiger partial charge in [-0.05, 0) is 49.2 Å². The predicted molar refractivity (Wildman–Crippen MR) is 85.8 cm³/mol. The number of nitrogens with zero attached hydrogens (tertiary/aromatic N) is 1. The highest BCUT2D eigenvalue weighted by Gasteiger charge is 2.18. The third kappa shape index (κ3) is 2.57. The number of aryl methyl sites for hydroxylation is 1. The van der Waals surface area contributed by atoms with E-state index in [2.05, 4.69) is 17.0 Å². The predicted octanol–water partition coefficient (Wildman–Crippen LogP) is 3.20. The molecule has 21 heavy (non-hydrogen) atoms. The van der Waals surface area contributed by atoms with Gasteiger partial charge >= 0.3 is 0 Å². The Morgan fingerprint density at radius 2 is 2.05 bits per heavy atom. The van der Waals surface area contributed by atoms with Crippen molar-refractivity contribution in [1.29, 1.82) is 5.41 Å². The van der Waals surface area contributed by atoms with Crippen molar-refractivity contribution in [3.63, 3.8) is 0 Å². The van der Waals surface area contributed by atoms with Gasteiger partial charge in [-0.15, -0.1) is 0 Å². The number of amidine groups is 1. The van der Waals surface area contributed by atoms with Crippen molar-refractivity contribution < 1.29 is 4.74 Å². The van der Waals surface area contributed by atoms with E-state index < -0.39 is 0 Å². The second kappa shape index (κ2) is 5.48. The largest absolute Gasteiger partial charge is 0.491 e. The van der Waals surface area contributed by atoms with Crippen LogP contribution in [0.25, 0.3) is 0 Å². The average molecular weight is 281 g/mol. The van der Waals surface area contributed by atoms with E-state index in [0.717, 1.165) is 47.8 Å². The van der Waals surface area contributed by atoms with Crippen LogP contribution in [0, 0.1) is 12.3 Å². The first-order chi connectivity index (χ1) is 10.2. The van der Waals surface area contributed by atoms with E-state index in [0.29, 0.717) is 0 Å². The van der Waals surface area contributed by atoms with Gasteiger partial charge in [-0.2, -0.15) is 0 Å². The summed E-state index contributed by atoms with van der Waals surface area (Å²) in [4.78, 5) is 2.26. The molecule has 0 atom stereocenters. The molecule has 1 aliphatic rings. The van der Waals surface area contributed by atoms with Crippen LogP contribution in [0.1, 0.15) is 17.5 Å². The van der Waals surface area contributed by atoms with E-state index in [1.165, 1.54) is 0 Å². The van der Waals surface area contributed by atoms with Crippen LogP contribution in [0.4, 0.5) is 11.4 Å². The molecular formula is C17H19N3O. The molecule has 0 fully saturated rings. The number of ether oxygens (including phenoxy) is 1. The summed E-state index contributed by atoms with van der Waals surface area (Å²) < 4.78 is 5.80. The van der Waals surface area contributed by atoms with E-state index in [1.54, 1.807) is 0 Å². The molecule has 1 aliphatic heterocycles. The lowest BCUT2D eigenvalue weighted by Crippen LogP contribution is -2.19. The Hall–Kier alpha value is -2.49. The van der Waals surface area contributed by atoms with Crippen LogP contribution in [0.3, 0.4) is 0 Å². The highest BCUT2D eigenvalue weighted by molar-refractivity contribution is 5.96. The van der Waals surface area contributed by atoms with Crippen molar-refractivity contribution >= 4 is 17.2 Å². The summed E-state index contributed by atoms with van der Waals surface area (Å²) >= 11 is 0. The van der Waals surface area contributed by atoms with E-state index in [4.69, 9.17) is 15.9 Å². The lowest BCUT2D eigenvalue weighted by Gasteiger charge is -2.24. The lowest BCUT2D eigenvalue weighted by atomic mass is 10.1. The first-order valence-corrected chi connectivity index (χ1v) is 7.11. The number of nitrogens with one attached hydrogen (secondary N) is 1. The smallest absolute Gasteiger partial charge is 0.142 e. The number of fused-ring (bicyclic) bond motifs is 1. The minimum Gasteiger partial charge on any atom is -0.491 e. The highest BCUT2D eigenvalue weighted by Crippen LogP contribution is 2.36. The summed E-state index contributed by atoms with van der Waals surface area (Å²) in [7, 11) is 0. The third-order valence-corrected chi connectivity index (χ3v) is 3.75. The first-order valence-electron chi connectivity index (χ1n) is 7.11. The Labute approximate surface area is 124 Å². The van der Waals surface area contributed by atoms with Gasteiger partial charge < -0.3 is 15.4 Å². The second-order valence-electron chi connectivity index (χ2n) is 5.23. The Balaban J connectivity index is 2.04. The molecule has 0 spiro atoms. The SMILES string of the molecule is Cc1cc(N2CCCOc3ccccc32)ccc1C(=N)N. The lowest BCUT2D eigenvalue weighted by molar-refractivity contribution is 0.322. The van der Waals surface area contributed by atoms with Crippen LogP contribution in [-0.2, 0) is 0 Å². The number of nitrogen functional groups attached to an aromatic ring is 1. The van der Waals surface area contributed by atoms with E-state index in [-0.39, 0.29) is 5.84 Å². The van der Waals surface area contributed by atoms with E-state index >= 15 is 0 Å². The van der Waals surface area contributed by atoms with Crippen LogP contribution in [0.5, 0.6) is 5.75 Å². The number of hydrogen-bond acceptors (Lipinski definition) is 3. The highest BCUT2D eigenvalue weighted by atomic mass is 16.5. The molecule has 0 saturated carbocycles. The number of para-hydroxylation sites is 2. The van der Waals surface area contributed by atoms with Gasteiger partial charge in [0.1, 0.15) is 11.6 Å². The topological polar surface area (TPSA) is 62.3 Å². The van der Waals surface area contributed by atoms with Crippen LogP contribution in [-0.4, -0.2) is 19.0 Å². The second-order valence-corrected chi connectivity index (χ2v) is 5.23. The standard InChI is InChI=1S/C17H19N3O/c1-12-11-13(7-8-14(12)17(18)19)20-9-4-10-21-16-6-3-2-5-15(16)20/h2-3,5-8,11H,4,9-10H2,1H3,(H3,18,19). The van der Waals surface area contributed by atoms with Crippen molar-refractivity contribution in [2.24, 2.45) is 5.73 Å². The molecule has 2 aromatic rings. The Kier molecular flexibility index (Phi) is 3.52. The Bertz CT molecular complexity index is 681. The average Bonchev–Trinajstić information content (AvgIpc) is 2.69. The number of hydrogen-bond donors (Lipinski definition) is 2. The molecule has 108 valence electrons. The number of benzene rings is 2. The molecule has 0 radical (unpaired) electrons. The molecule has 0 amide bonds. The zero-order valence-electron chi connectivity index (χ0n) is 12.1. The normalized spacial score (nSPS) is 14.0. The summed E-state index contributed by atoms with van der Waals surface area (Å²) in [5.41, 5.74) is 9.60. The quantitative estimate of drug-likeness (QED) is 0.656. The van der Waals surface area contributed by atoms with Gasteiger partial charge in [0.2, 0.25) is 0 Å². The van der Waals surface area contributed by atoms with Gasteiger partial charge in [-0.25, -0.2) is 0 Å². The summed E-state index contributed by atoms with van der Waals surface area (Å²) in [5.74, 6) is 1.03. The minimum atomic E-state index is 0.110.